The second-order valence-corrected chi connectivity index (χ2v) is 8.93. The zero-order valence-electron chi connectivity index (χ0n) is 16.0. The smallest absolute Gasteiger partial charge is 0.303 e. The largest absolute Gasteiger partial charge is 0.481 e. The van der Waals surface area contributed by atoms with Crippen LogP contribution in [0.2, 0.25) is 0 Å². The third-order valence-corrected chi connectivity index (χ3v) is 5.76. The van der Waals surface area contributed by atoms with Gasteiger partial charge in [-0.05, 0) is 42.5 Å². The fraction of sp³-hybridized carbons (Fsp3) is 0.429. The Hall–Kier alpha value is -2.15. The Labute approximate surface area is 168 Å². The second kappa shape index (κ2) is 8.90. The molecule has 1 fully saturated rings. The highest BCUT2D eigenvalue weighted by Gasteiger charge is 2.26. The van der Waals surface area contributed by atoms with E-state index in [1.165, 1.54) is 12.1 Å². The van der Waals surface area contributed by atoms with Gasteiger partial charge >= 0.3 is 5.97 Å². The summed E-state index contributed by atoms with van der Waals surface area (Å²) in [5.74, 6) is -2.24. The number of piperidine rings is 1. The van der Waals surface area contributed by atoms with E-state index < -0.39 is 17.6 Å². The molecule has 1 N–H and O–H groups in total. The van der Waals surface area contributed by atoms with E-state index in [1.54, 1.807) is 28.9 Å². The second-order valence-electron chi connectivity index (χ2n) is 7.36. The molecule has 1 unspecified atom stereocenters. The highest BCUT2D eigenvalue weighted by molar-refractivity contribution is 7.99. The first kappa shape index (κ1) is 20.6. The first-order chi connectivity index (χ1) is 13.3. The maximum atomic E-state index is 14.9. The number of halogens is 2. The van der Waals surface area contributed by atoms with Gasteiger partial charge in [0.05, 0.1) is 0 Å². The Bertz CT molecular complexity index is 837. The van der Waals surface area contributed by atoms with E-state index in [9.17, 15) is 13.6 Å². The van der Waals surface area contributed by atoms with Gasteiger partial charge in [-0.1, -0.05) is 19.9 Å². The number of pyridine rings is 1. The first-order valence-corrected chi connectivity index (χ1v) is 10.3. The van der Waals surface area contributed by atoms with E-state index in [1.807, 2.05) is 19.9 Å². The van der Waals surface area contributed by atoms with Gasteiger partial charge in [-0.2, -0.15) is 0 Å². The summed E-state index contributed by atoms with van der Waals surface area (Å²) in [6.45, 7) is 4.94. The van der Waals surface area contributed by atoms with Crippen molar-refractivity contribution in [3.05, 3.63) is 42.1 Å². The van der Waals surface area contributed by atoms with Crippen LogP contribution in [-0.4, -0.2) is 34.4 Å². The van der Waals surface area contributed by atoms with Crippen molar-refractivity contribution in [2.75, 3.05) is 18.0 Å². The van der Waals surface area contributed by atoms with Crippen molar-refractivity contribution < 1.29 is 18.7 Å². The Morgan fingerprint density at radius 2 is 2.07 bits per heavy atom. The number of nitrogens with zero attached hydrogens (tertiary/aromatic N) is 2. The van der Waals surface area contributed by atoms with E-state index in [4.69, 9.17) is 5.11 Å². The lowest BCUT2D eigenvalue weighted by Crippen LogP contribution is -2.37. The van der Waals surface area contributed by atoms with Crippen molar-refractivity contribution in [1.29, 1.82) is 0 Å². The summed E-state index contributed by atoms with van der Waals surface area (Å²) in [6, 6.07) is 6.27. The molecule has 150 valence electrons. The summed E-state index contributed by atoms with van der Waals surface area (Å²) in [5.41, 5.74) is 1.09. The predicted octanol–water partition coefficient (Wildman–Crippen LogP) is 5.22. The molecule has 1 aliphatic rings. The Morgan fingerprint density at radius 1 is 1.36 bits per heavy atom. The number of thioether (sulfide) groups is 1. The zero-order chi connectivity index (χ0) is 20.3. The van der Waals surface area contributed by atoms with Crippen LogP contribution in [0.1, 0.15) is 33.1 Å². The molecular formula is C21H24F2N2O2S. The van der Waals surface area contributed by atoms with Crippen LogP contribution in [0.25, 0.3) is 11.1 Å². The van der Waals surface area contributed by atoms with Gasteiger partial charge in [0, 0.05) is 36.5 Å². The van der Waals surface area contributed by atoms with Crippen LogP contribution in [0.15, 0.2) is 35.5 Å². The zero-order valence-corrected chi connectivity index (χ0v) is 16.8. The minimum atomic E-state index is -0.880. The van der Waals surface area contributed by atoms with Crippen LogP contribution in [-0.2, 0) is 4.79 Å². The van der Waals surface area contributed by atoms with Crippen LogP contribution in [0, 0.1) is 17.6 Å². The fourth-order valence-electron chi connectivity index (χ4n) is 3.63. The van der Waals surface area contributed by atoms with E-state index >= 15 is 0 Å². The molecule has 1 aromatic heterocycles. The molecule has 2 heterocycles. The summed E-state index contributed by atoms with van der Waals surface area (Å²) in [7, 11) is 0. The molecule has 4 nitrogen and oxygen atoms in total. The monoisotopic (exact) mass is 406 g/mol. The molecule has 0 saturated carbocycles. The number of benzene rings is 1. The molecular weight excluding hydrogens is 382 g/mol. The van der Waals surface area contributed by atoms with E-state index in [0.717, 1.165) is 17.9 Å². The number of aromatic nitrogens is 1. The summed E-state index contributed by atoms with van der Waals surface area (Å²) in [6.07, 6.45) is 3.17. The SMILES string of the molecule is CC(C)Sc1ncccc1-c1cc(F)c(N2CCCC(CC(=O)O)C2)c(F)c1. The molecule has 0 aliphatic carbocycles. The van der Waals surface area contributed by atoms with Crippen molar-refractivity contribution in [2.24, 2.45) is 5.92 Å². The number of rotatable bonds is 6. The van der Waals surface area contributed by atoms with Gasteiger partial charge < -0.3 is 10.0 Å². The van der Waals surface area contributed by atoms with Gasteiger partial charge in [-0.3, -0.25) is 4.79 Å². The molecule has 1 atom stereocenters. The van der Waals surface area contributed by atoms with Crippen molar-refractivity contribution in [1.82, 2.24) is 4.98 Å². The maximum Gasteiger partial charge on any atom is 0.303 e. The molecule has 1 saturated heterocycles. The van der Waals surface area contributed by atoms with E-state index in [-0.39, 0.29) is 18.0 Å². The van der Waals surface area contributed by atoms with Crippen molar-refractivity contribution in [3.63, 3.8) is 0 Å². The molecule has 0 bridgehead atoms. The van der Waals surface area contributed by atoms with Crippen molar-refractivity contribution in [3.8, 4) is 11.1 Å². The van der Waals surface area contributed by atoms with Crippen LogP contribution in [0.5, 0.6) is 0 Å². The van der Waals surface area contributed by atoms with Gasteiger partial charge in [-0.15, -0.1) is 11.8 Å². The van der Waals surface area contributed by atoms with Gasteiger partial charge in [0.2, 0.25) is 0 Å². The molecule has 1 aliphatic heterocycles. The average molecular weight is 406 g/mol. The van der Waals surface area contributed by atoms with Crippen LogP contribution in [0.4, 0.5) is 14.5 Å². The lowest BCUT2D eigenvalue weighted by molar-refractivity contribution is -0.138. The summed E-state index contributed by atoms with van der Waals surface area (Å²) < 4.78 is 29.9. The fourth-order valence-corrected chi connectivity index (χ4v) is 4.51. The van der Waals surface area contributed by atoms with Gasteiger partial charge in [0.25, 0.3) is 0 Å². The third kappa shape index (κ3) is 4.82. The normalized spacial score (nSPS) is 17.2. The lowest BCUT2D eigenvalue weighted by Gasteiger charge is -2.34. The molecule has 3 rings (SSSR count). The Morgan fingerprint density at radius 3 is 2.71 bits per heavy atom. The maximum absolute atomic E-state index is 14.9. The average Bonchev–Trinajstić information content (AvgIpc) is 2.61. The number of carbonyl (C=O) groups is 1. The van der Waals surface area contributed by atoms with Crippen LogP contribution >= 0.6 is 11.8 Å². The molecule has 1 aromatic carbocycles. The number of anilines is 1. The quantitative estimate of drug-likeness (QED) is 0.667. The molecule has 0 spiro atoms. The molecule has 0 amide bonds. The Balaban J connectivity index is 1.91. The predicted molar refractivity (Wildman–Crippen MR) is 108 cm³/mol. The number of carboxylic acid groups (broad SMARTS) is 1. The molecule has 2 aromatic rings. The highest BCUT2D eigenvalue weighted by Crippen LogP contribution is 2.36. The van der Waals surface area contributed by atoms with Crippen molar-refractivity contribution in [2.45, 2.75) is 43.4 Å². The third-order valence-electron chi connectivity index (χ3n) is 4.74. The summed E-state index contributed by atoms with van der Waals surface area (Å²) in [5, 5.41) is 10.0. The number of hydrogen-bond acceptors (Lipinski definition) is 4. The summed E-state index contributed by atoms with van der Waals surface area (Å²) in [4.78, 5) is 17.0. The molecule has 28 heavy (non-hydrogen) atoms. The van der Waals surface area contributed by atoms with Crippen molar-refractivity contribution >= 4 is 23.4 Å². The molecule has 0 radical (unpaired) electrons. The standard InChI is InChI=1S/C21H24F2N2O2S/c1-13(2)28-21-16(6-3-7-24-21)15-10-17(22)20(18(23)11-15)25-8-4-5-14(12-25)9-19(26)27/h3,6-7,10-11,13-14H,4-5,8-9,12H2,1-2H3,(H,26,27). The number of hydrogen-bond donors (Lipinski definition) is 1. The van der Waals surface area contributed by atoms with Gasteiger partial charge in [0.1, 0.15) is 22.3 Å². The topological polar surface area (TPSA) is 53.4 Å². The van der Waals surface area contributed by atoms with Crippen LogP contribution < -0.4 is 4.90 Å². The minimum absolute atomic E-state index is 0.0172. The first-order valence-electron chi connectivity index (χ1n) is 9.43. The number of aliphatic carboxylic acids is 1. The highest BCUT2D eigenvalue weighted by atomic mass is 32.2. The van der Waals surface area contributed by atoms with E-state index in [0.29, 0.717) is 29.5 Å². The van der Waals surface area contributed by atoms with Crippen LogP contribution in [0.3, 0.4) is 0 Å². The number of carboxylic acids is 1. The minimum Gasteiger partial charge on any atom is -0.481 e. The summed E-state index contributed by atoms with van der Waals surface area (Å²) >= 11 is 1.55. The Kier molecular flexibility index (Phi) is 6.54. The van der Waals surface area contributed by atoms with Gasteiger partial charge in [-0.25, -0.2) is 13.8 Å². The lowest BCUT2D eigenvalue weighted by atomic mass is 9.94. The van der Waals surface area contributed by atoms with Gasteiger partial charge in [0.15, 0.2) is 0 Å². The molecule has 7 heteroatoms. The van der Waals surface area contributed by atoms with E-state index in [2.05, 4.69) is 4.98 Å².